The SMILES string of the molecule is COc1ccc(-c2nc(Nc3ccccn3)sc2CCC(=O)NN)cc1. The molecule has 7 nitrogen and oxygen atoms in total. The minimum Gasteiger partial charge on any atom is -0.497 e. The Morgan fingerprint density at radius 3 is 2.69 bits per heavy atom. The summed E-state index contributed by atoms with van der Waals surface area (Å²) in [6, 6.07) is 13.3. The van der Waals surface area contributed by atoms with Crippen molar-refractivity contribution < 1.29 is 9.53 Å². The molecule has 0 unspecified atom stereocenters. The van der Waals surface area contributed by atoms with Crippen molar-refractivity contribution in [1.82, 2.24) is 15.4 Å². The summed E-state index contributed by atoms with van der Waals surface area (Å²) < 4.78 is 5.21. The van der Waals surface area contributed by atoms with Crippen molar-refractivity contribution in [1.29, 1.82) is 0 Å². The fourth-order valence-corrected chi connectivity index (χ4v) is 3.38. The number of nitrogens with zero attached hydrogens (tertiary/aromatic N) is 2. The van der Waals surface area contributed by atoms with Gasteiger partial charge in [0.25, 0.3) is 0 Å². The number of nitrogens with two attached hydrogens (primary N) is 1. The number of anilines is 2. The van der Waals surface area contributed by atoms with Crippen LogP contribution in [0.25, 0.3) is 11.3 Å². The average Bonchev–Trinajstić information content (AvgIpc) is 3.09. The maximum absolute atomic E-state index is 11.5. The normalized spacial score (nSPS) is 10.4. The van der Waals surface area contributed by atoms with E-state index >= 15 is 0 Å². The van der Waals surface area contributed by atoms with E-state index in [2.05, 4.69) is 15.7 Å². The second-order valence-electron chi connectivity index (χ2n) is 5.43. The molecule has 2 aromatic heterocycles. The van der Waals surface area contributed by atoms with Gasteiger partial charge >= 0.3 is 0 Å². The highest BCUT2D eigenvalue weighted by molar-refractivity contribution is 7.16. The number of aryl methyl sites for hydroxylation is 1. The van der Waals surface area contributed by atoms with Gasteiger partial charge in [0, 0.05) is 23.1 Å². The van der Waals surface area contributed by atoms with Crippen molar-refractivity contribution in [3.05, 3.63) is 53.5 Å². The van der Waals surface area contributed by atoms with Gasteiger partial charge in [-0.1, -0.05) is 6.07 Å². The number of nitrogens with one attached hydrogen (secondary N) is 2. The minimum absolute atomic E-state index is 0.210. The van der Waals surface area contributed by atoms with E-state index in [4.69, 9.17) is 15.6 Å². The van der Waals surface area contributed by atoms with Gasteiger partial charge in [-0.25, -0.2) is 15.8 Å². The summed E-state index contributed by atoms with van der Waals surface area (Å²) in [6.07, 6.45) is 2.56. The summed E-state index contributed by atoms with van der Waals surface area (Å²) in [5.41, 5.74) is 3.95. The number of rotatable bonds is 7. The summed E-state index contributed by atoms with van der Waals surface area (Å²) >= 11 is 1.50. The first-order valence-corrected chi connectivity index (χ1v) is 8.83. The second kappa shape index (κ2) is 8.41. The van der Waals surface area contributed by atoms with E-state index in [1.54, 1.807) is 13.3 Å². The van der Waals surface area contributed by atoms with Crippen molar-refractivity contribution in [2.24, 2.45) is 5.84 Å². The largest absolute Gasteiger partial charge is 0.497 e. The highest BCUT2D eigenvalue weighted by Crippen LogP contribution is 2.34. The summed E-state index contributed by atoms with van der Waals surface area (Å²) in [4.78, 5) is 21.5. The summed E-state index contributed by atoms with van der Waals surface area (Å²) in [7, 11) is 1.63. The van der Waals surface area contributed by atoms with Crippen LogP contribution >= 0.6 is 11.3 Å². The Bertz CT molecular complexity index is 865. The monoisotopic (exact) mass is 369 g/mol. The van der Waals surface area contributed by atoms with Crippen LogP contribution in [0.3, 0.4) is 0 Å². The molecule has 0 radical (unpaired) electrons. The van der Waals surface area contributed by atoms with Gasteiger partial charge in [-0.3, -0.25) is 10.2 Å². The Balaban J connectivity index is 1.89. The van der Waals surface area contributed by atoms with Gasteiger partial charge in [0.05, 0.1) is 12.8 Å². The molecule has 26 heavy (non-hydrogen) atoms. The lowest BCUT2D eigenvalue weighted by atomic mass is 10.1. The zero-order valence-corrected chi connectivity index (χ0v) is 15.0. The van der Waals surface area contributed by atoms with Gasteiger partial charge in [0.2, 0.25) is 5.91 Å². The molecular formula is C18H19N5O2S. The third-order valence-electron chi connectivity index (χ3n) is 3.70. The number of thiazole rings is 1. The molecule has 134 valence electrons. The third kappa shape index (κ3) is 4.35. The second-order valence-corrected chi connectivity index (χ2v) is 6.51. The molecule has 0 saturated heterocycles. The maximum Gasteiger partial charge on any atom is 0.234 e. The molecule has 8 heteroatoms. The van der Waals surface area contributed by atoms with Crippen LogP contribution in [-0.4, -0.2) is 23.0 Å². The van der Waals surface area contributed by atoms with Crippen LogP contribution in [0.2, 0.25) is 0 Å². The molecule has 1 amide bonds. The molecule has 0 aliphatic carbocycles. The molecule has 0 atom stereocenters. The Morgan fingerprint density at radius 1 is 1.23 bits per heavy atom. The number of methoxy groups -OCH3 is 1. The van der Waals surface area contributed by atoms with E-state index in [1.165, 1.54) is 11.3 Å². The number of carbonyl (C=O) groups excluding carboxylic acids is 1. The van der Waals surface area contributed by atoms with Crippen LogP contribution in [0, 0.1) is 0 Å². The molecule has 0 spiro atoms. The maximum atomic E-state index is 11.5. The number of hydrogen-bond acceptors (Lipinski definition) is 7. The van der Waals surface area contributed by atoms with E-state index in [1.807, 2.05) is 42.5 Å². The molecule has 2 heterocycles. The predicted octanol–water partition coefficient (Wildman–Crippen LogP) is 2.88. The molecule has 0 saturated carbocycles. The molecule has 4 N–H and O–H groups in total. The fourth-order valence-electron chi connectivity index (χ4n) is 2.39. The zero-order chi connectivity index (χ0) is 18.4. The first kappa shape index (κ1) is 17.8. The van der Waals surface area contributed by atoms with Gasteiger partial charge < -0.3 is 10.1 Å². The Kier molecular flexibility index (Phi) is 5.77. The molecule has 0 fully saturated rings. The first-order chi connectivity index (χ1) is 12.7. The third-order valence-corrected chi connectivity index (χ3v) is 4.73. The number of amides is 1. The van der Waals surface area contributed by atoms with Crippen LogP contribution < -0.4 is 21.3 Å². The molecule has 0 aliphatic rings. The van der Waals surface area contributed by atoms with Gasteiger partial charge in [-0.05, 0) is 42.8 Å². The number of ether oxygens (including phenoxy) is 1. The van der Waals surface area contributed by atoms with E-state index in [9.17, 15) is 4.79 Å². The van der Waals surface area contributed by atoms with Gasteiger partial charge in [0.1, 0.15) is 11.6 Å². The minimum atomic E-state index is -0.210. The smallest absolute Gasteiger partial charge is 0.234 e. The van der Waals surface area contributed by atoms with Crippen LogP contribution in [0.4, 0.5) is 10.9 Å². The highest BCUT2D eigenvalue weighted by Gasteiger charge is 2.15. The topological polar surface area (TPSA) is 102 Å². The lowest BCUT2D eigenvalue weighted by molar-refractivity contribution is -0.121. The number of aromatic nitrogens is 2. The predicted molar refractivity (Wildman–Crippen MR) is 102 cm³/mol. The zero-order valence-electron chi connectivity index (χ0n) is 14.2. The Hall–Kier alpha value is -2.97. The Labute approximate surface area is 155 Å². The summed E-state index contributed by atoms with van der Waals surface area (Å²) in [5.74, 6) is 6.46. The van der Waals surface area contributed by atoms with Gasteiger partial charge in [-0.2, -0.15) is 0 Å². The van der Waals surface area contributed by atoms with Crippen LogP contribution in [0.1, 0.15) is 11.3 Å². The van der Waals surface area contributed by atoms with Crippen molar-refractivity contribution in [3.8, 4) is 17.0 Å². The number of pyridine rings is 1. The van der Waals surface area contributed by atoms with Crippen molar-refractivity contribution >= 4 is 28.2 Å². The standard InChI is InChI=1S/C18H19N5O2S/c1-25-13-7-5-12(6-8-13)17-14(9-10-16(24)23-19)26-18(22-17)21-15-4-2-3-11-20-15/h2-8,11H,9-10,19H2,1H3,(H,23,24)(H,20,21,22). The quantitative estimate of drug-likeness (QED) is 0.336. The van der Waals surface area contributed by atoms with Crippen LogP contribution in [-0.2, 0) is 11.2 Å². The van der Waals surface area contributed by atoms with Crippen molar-refractivity contribution in [3.63, 3.8) is 0 Å². The lowest BCUT2D eigenvalue weighted by Crippen LogP contribution is -2.30. The molecular weight excluding hydrogens is 350 g/mol. The fraction of sp³-hybridized carbons (Fsp3) is 0.167. The Morgan fingerprint density at radius 2 is 2.04 bits per heavy atom. The van der Waals surface area contributed by atoms with Crippen molar-refractivity contribution in [2.75, 3.05) is 12.4 Å². The molecule has 0 aliphatic heterocycles. The van der Waals surface area contributed by atoms with Crippen LogP contribution in [0.5, 0.6) is 5.75 Å². The number of carbonyl (C=O) groups is 1. The number of hydrazine groups is 1. The van der Waals surface area contributed by atoms with E-state index in [-0.39, 0.29) is 5.91 Å². The molecule has 0 bridgehead atoms. The number of hydrogen-bond donors (Lipinski definition) is 3. The van der Waals surface area contributed by atoms with E-state index in [0.717, 1.165) is 27.0 Å². The summed E-state index contributed by atoms with van der Waals surface area (Å²) in [6.45, 7) is 0. The van der Waals surface area contributed by atoms with Gasteiger partial charge in [-0.15, -0.1) is 11.3 Å². The molecule has 1 aromatic carbocycles. The molecule has 3 aromatic rings. The van der Waals surface area contributed by atoms with E-state index in [0.29, 0.717) is 18.7 Å². The first-order valence-electron chi connectivity index (χ1n) is 8.01. The van der Waals surface area contributed by atoms with E-state index < -0.39 is 0 Å². The molecule has 3 rings (SSSR count). The summed E-state index contributed by atoms with van der Waals surface area (Å²) in [5, 5.41) is 3.93. The highest BCUT2D eigenvalue weighted by atomic mass is 32.1. The van der Waals surface area contributed by atoms with Crippen LogP contribution in [0.15, 0.2) is 48.7 Å². The lowest BCUT2D eigenvalue weighted by Gasteiger charge is -2.04. The van der Waals surface area contributed by atoms with Crippen molar-refractivity contribution in [2.45, 2.75) is 12.8 Å². The van der Waals surface area contributed by atoms with Gasteiger partial charge in [0.15, 0.2) is 5.13 Å². The number of benzene rings is 1. The average molecular weight is 369 g/mol.